The highest BCUT2D eigenvalue weighted by atomic mass is 35.5. The number of rotatable bonds is 7. The number of halogens is 2. The van der Waals surface area contributed by atoms with Gasteiger partial charge >= 0.3 is 0 Å². The minimum absolute atomic E-state index is 0.000272. The zero-order valence-corrected chi connectivity index (χ0v) is 23.2. The van der Waals surface area contributed by atoms with Gasteiger partial charge in [-0.2, -0.15) is 9.65 Å². The number of fused-ring (bicyclic) bond motifs is 1. The molecule has 2 aromatic heterocycles. The second-order valence-electron chi connectivity index (χ2n) is 12.1. The summed E-state index contributed by atoms with van der Waals surface area (Å²) in [5.74, 6) is -0.518. The van der Waals surface area contributed by atoms with Crippen LogP contribution < -0.4 is 21.6 Å². The topological polar surface area (TPSA) is 101 Å². The van der Waals surface area contributed by atoms with Crippen LogP contribution in [0, 0.1) is 35.0 Å². The number of nitrogens with one attached hydrogen (secondary N) is 4. The molecule has 4 N–H and O–H groups in total. The molecule has 3 aromatic rings. The van der Waals surface area contributed by atoms with Gasteiger partial charge in [0.05, 0.1) is 39.6 Å². The molecule has 3 aliphatic rings. The van der Waals surface area contributed by atoms with E-state index < -0.39 is 5.95 Å². The van der Waals surface area contributed by atoms with Crippen molar-refractivity contribution in [3.05, 3.63) is 70.2 Å². The number of aryl methyl sites for hydroxylation is 1. The molecule has 0 radical (unpaired) electrons. The van der Waals surface area contributed by atoms with Gasteiger partial charge in [-0.05, 0) is 55.2 Å². The van der Waals surface area contributed by atoms with Gasteiger partial charge in [0.25, 0.3) is 0 Å². The van der Waals surface area contributed by atoms with E-state index in [9.17, 15) is 9.65 Å². The monoisotopic (exact) mass is 546 g/mol. The second-order valence-corrected chi connectivity index (χ2v) is 12.5. The number of nitriles is 1. The van der Waals surface area contributed by atoms with Crippen molar-refractivity contribution in [3.8, 4) is 6.07 Å². The van der Waals surface area contributed by atoms with Crippen molar-refractivity contribution in [3.63, 3.8) is 0 Å². The van der Waals surface area contributed by atoms with Crippen LogP contribution in [0.1, 0.15) is 62.9 Å². The third-order valence-corrected chi connectivity index (χ3v) is 8.14. The molecule has 0 saturated heterocycles. The molecule has 2 atom stereocenters. The fourth-order valence-electron chi connectivity index (χ4n) is 5.38. The minimum Gasteiger partial charge on any atom is -0.383 e. The molecule has 8 nitrogen and oxygen atoms in total. The van der Waals surface area contributed by atoms with E-state index >= 15 is 0 Å². The summed E-state index contributed by atoms with van der Waals surface area (Å²) < 4.78 is 13.9. The summed E-state index contributed by atoms with van der Waals surface area (Å²) in [4.78, 5) is 8.56. The van der Waals surface area contributed by atoms with Gasteiger partial charge in [-0.15, -0.1) is 5.53 Å². The number of anilines is 2. The number of pyridine rings is 2. The molecular weight excluding hydrogens is 515 g/mol. The normalized spacial score (nSPS) is 19.9. The Kier molecular flexibility index (Phi) is 6.08. The third-order valence-electron chi connectivity index (χ3n) is 7.85. The average molecular weight is 547 g/mol. The lowest BCUT2D eigenvalue weighted by Gasteiger charge is -2.24. The molecule has 2 aliphatic carbocycles. The summed E-state index contributed by atoms with van der Waals surface area (Å²) in [6.45, 7) is 8.86. The lowest BCUT2D eigenvalue weighted by Crippen LogP contribution is -2.39. The number of hydrogen-bond acceptors (Lipinski definition) is 8. The number of benzene rings is 1. The maximum Gasteiger partial charge on any atom is 0.213 e. The number of aromatic nitrogens is 2. The zero-order valence-electron chi connectivity index (χ0n) is 22.5. The van der Waals surface area contributed by atoms with Crippen molar-refractivity contribution in [2.45, 2.75) is 59.0 Å². The standard InChI is InChI=1S/C29H32ClFN8/c1-16-19(5-6-24(31)35-16)27(22-14-39(38-37-22)23-11-29(23)7-8-29)36-18-9-20-25(34-15-28(2,3)4)17(12-32)13-33-26(20)21(30)10-18/h5-6,9-10,13-14,23,27,36-38H,7-8,11,15H2,1-4H3,(H,33,34)/t23?,27-/m0/s1. The van der Waals surface area contributed by atoms with Gasteiger partial charge in [-0.1, -0.05) is 38.4 Å². The summed E-state index contributed by atoms with van der Waals surface area (Å²) in [6.07, 6.45) is 7.40. The molecular formula is C29H32ClFN8. The van der Waals surface area contributed by atoms with Crippen LogP contribution in [0.2, 0.25) is 5.02 Å². The Morgan fingerprint density at radius 3 is 2.77 bits per heavy atom. The van der Waals surface area contributed by atoms with Gasteiger partial charge in [0.2, 0.25) is 5.95 Å². The minimum atomic E-state index is -0.518. The van der Waals surface area contributed by atoms with Gasteiger partial charge < -0.3 is 16.1 Å². The lowest BCUT2D eigenvalue weighted by molar-refractivity contribution is 0.246. The molecule has 202 valence electrons. The zero-order chi connectivity index (χ0) is 27.5. The Balaban J connectivity index is 1.39. The highest BCUT2D eigenvalue weighted by molar-refractivity contribution is 6.35. The Morgan fingerprint density at radius 2 is 2.10 bits per heavy atom. The van der Waals surface area contributed by atoms with Gasteiger partial charge in [0.15, 0.2) is 0 Å². The Labute approximate surface area is 232 Å². The van der Waals surface area contributed by atoms with Crippen molar-refractivity contribution >= 4 is 33.9 Å². The summed E-state index contributed by atoms with van der Waals surface area (Å²) >= 11 is 6.75. The van der Waals surface area contributed by atoms with Crippen LogP contribution in [0.5, 0.6) is 0 Å². The summed E-state index contributed by atoms with van der Waals surface area (Å²) in [5, 5.41) is 20.2. The number of hydrazine groups is 2. The first-order valence-corrected chi connectivity index (χ1v) is 13.6. The average Bonchev–Trinajstić information content (AvgIpc) is 3.76. The van der Waals surface area contributed by atoms with E-state index in [1.165, 1.54) is 25.3 Å². The summed E-state index contributed by atoms with van der Waals surface area (Å²) in [7, 11) is 0. The molecule has 0 bridgehead atoms. The van der Waals surface area contributed by atoms with E-state index in [1.54, 1.807) is 19.2 Å². The van der Waals surface area contributed by atoms with Crippen molar-refractivity contribution < 1.29 is 4.39 Å². The van der Waals surface area contributed by atoms with Gasteiger partial charge in [-0.3, -0.25) is 9.99 Å². The lowest BCUT2D eigenvalue weighted by atomic mass is 9.96. The van der Waals surface area contributed by atoms with Crippen LogP contribution >= 0.6 is 11.6 Å². The predicted octanol–water partition coefficient (Wildman–Crippen LogP) is 5.93. The Morgan fingerprint density at radius 1 is 1.31 bits per heavy atom. The molecule has 1 unspecified atom stereocenters. The Bertz CT molecular complexity index is 1540. The molecule has 6 rings (SSSR count). The summed E-state index contributed by atoms with van der Waals surface area (Å²) in [6, 6.07) is 9.30. The highest BCUT2D eigenvalue weighted by Gasteiger charge is 2.65. The quantitative estimate of drug-likeness (QED) is 0.270. The molecule has 39 heavy (non-hydrogen) atoms. The second kappa shape index (κ2) is 9.25. The number of nitrogens with zero attached hydrogens (tertiary/aromatic N) is 4. The molecule has 1 aliphatic heterocycles. The van der Waals surface area contributed by atoms with E-state index in [0.29, 0.717) is 45.5 Å². The van der Waals surface area contributed by atoms with Crippen LogP contribution in [-0.2, 0) is 0 Å². The maximum absolute atomic E-state index is 13.9. The molecule has 10 heteroatoms. The van der Waals surface area contributed by atoms with Crippen LogP contribution in [0.4, 0.5) is 15.8 Å². The van der Waals surface area contributed by atoms with Crippen molar-refractivity contribution in [2.24, 2.45) is 10.8 Å². The first-order valence-electron chi connectivity index (χ1n) is 13.2. The van der Waals surface area contributed by atoms with Crippen LogP contribution in [-0.4, -0.2) is 27.6 Å². The van der Waals surface area contributed by atoms with Crippen LogP contribution in [0.3, 0.4) is 0 Å². The predicted molar refractivity (Wildman–Crippen MR) is 151 cm³/mol. The SMILES string of the molecule is Cc1nc(F)ccc1[C@H](Nc1cc(Cl)c2ncc(C#N)c(NCC(C)(C)C)c2c1)C1=CN(C2CC23CC3)NN1. The third kappa shape index (κ3) is 4.95. The van der Waals surface area contributed by atoms with Crippen LogP contribution in [0.15, 0.2) is 42.4 Å². The van der Waals surface area contributed by atoms with Gasteiger partial charge in [0.1, 0.15) is 6.07 Å². The molecule has 2 fully saturated rings. The largest absolute Gasteiger partial charge is 0.383 e. The van der Waals surface area contributed by atoms with E-state index in [4.69, 9.17) is 11.6 Å². The van der Waals surface area contributed by atoms with Crippen molar-refractivity contribution in [1.82, 2.24) is 25.9 Å². The first-order chi connectivity index (χ1) is 18.6. The molecule has 1 spiro atoms. The summed E-state index contributed by atoms with van der Waals surface area (Å²) in [5.41, 5.74) is 11.9. The molecule has 3 heterocycles. The van der Waals surface area contributed by atoms with Crippen molar-refractivity contribution in [1.29, 1.82) is 5.26 Å². The van der Waals surface area contributed by atoms with E-state index in [0.717, 1.165) is 22.3 Å². The Hall–Kier alpha value is -3.61. The van der Waals surface area contributed by atoms with Gasteiger partial charge in [0, 0.05) is 41.3 Å². The maximum atomic E-state index is 13.9. The fourth-order valence-corrected chi connectivity index (χ4v) is 5.65. The first kappa shape index (κ1) is 25.7. The molecule has 1 aromatic carbocycles. The number of hydrogen-bond donors (Lipinski definition) is 4. The van der Waals surface area contributed by atoms with Crippen molar-refractivity contribution in [2.75, 3.05) is 17.2 Å². The van der Waals surface area contributed by atoms with Crippen LogP contribution in [0.25, 0.3) is 10.9 Å². The molecule has 2 saturated carbocycles. The van der Waals surface area contributed by atoms with E-state index in [1.807, 2.05) is 12.1 Å². The highest BCUT2D eigenvalue weighted by Crippen LogP contribution is 2.67. The van der Waals surface area contributed by atoms with E-state index in [2.05, 4.69) is 69.6 Å². The molecule has 0 amide bonds. The van der Waals surface area contributed by atoms with Gasteiger partial charge in [-0.25, -0.2) is 4.98 Å². The smallest absolute Gasteiger partial charge is 0.213 e. The van der Waals surface area contributed by atoms with E-state index in [-0.39, 0.29) is 11.5 Å². The fraction of sp³-hybridized carbons (Fsp3) is 0.414.